The molecule has 0 atom stereocenters. The lowest BCUT2D eigenvalue weighted by Crippen LogP contribution is -2.49. The molecule has 3 aliphatic heterocycles. The number of carbonyl (C=O) groups is 4. The highest BCUT2D eigenvalue weighted by Crippen LogP contribution is 2.44. The Morgan fingerprint density at radius 2 is 1.28 bits per heavy atom. The first kappa shape index (κ1) is 44.5. The number of rotatable bonds is 4. The normalized spacial score (nSPS) is 15.0. The number of hydrogen-bond acceptors (Lipinski definition) is 6. The van der Waals surface area contributed by atoms with Gasteiger partial charge in [-0.1, -0.05) is 64.1 Å². The van der Waals surface area contributed by atoms with E-state index in [1.54, 1.807) is 4.90 Å². The van der Waals surface area contributed by atoms with Gasteiger partial charge in [0.1, 0.15) is 11.2 Å². The number of para-hydroxylation sites is 2. The molecule has 2 N–H and O–H groups in total. The first-order valence-electron chi connectivity index (χ1n) is 17.4. The van der Waals surface area contributed by atoms with E-state index in [9.17, 15) is 19.2 Å². The summed E-state index contributed by atoms with van der Waals surface area (Å²) in [6, 6.07) is 15.6. The smallest absolute Gasteiger partial charge is 0.410 e. The number of anilines is 2. The van der Waals surface area contributed by atoms with Crippen molar-refractivity contribution in [2.24, 2.45) is 0 Å². The zero-order valence-corrected chi connectivity index (χ0v) is 33.1. The predicted octanol–water partition coefficient (Wildman–Crippen LogP) is 8.84. The second-order valence-electron chi connectivity index (χ2n) is 13.3. The number of nitrogens with one attached hydrogen (secondary N) is 2. The Labute approximate surface area is 309 Å². The van der Waals surface area contributed by atoms with Gasteiger partial charge in [0.15, 0.2) is 0 Å². The van der Waals surface area contributed by atoms with Gasteiger partial charge in [0.25, 0.3) is 0 Å². The molecule has 5 rings (SSSR count). The molecule has 12 heteroatoms. The van der Waals surface area contributed by atoms with Crippen LogP contribution in [0.4, 0.5) is 21.0 Å². The van der Waals surface area contributed by atoms with E-state index in [1.165, 1.54) is 4.90 Å². The van der Waals surface area contributed by atoms with Crippen molar-refractivity contribution in [1.29, 1.82) is 0 Å². The highest BCUT2D eigenvalue weighted by Gasteiger charge is 2.49. The molecule has 0 aliphatic carbocycles. The third-order valence-electron chi connectivity index (χ3n) is 7.40. The molecule has 1 fully saturated rings. The molecule has 1 spiro atoms. The van der Waals surface area contributed by atoms with Crippen LogP contribution in [-0.2, 0) is 30.9 Å². The number of ether oxygens (including phenoxy) is 2. The third-order valence-corrected chi connectivity index (χ3v) is 7.74. The van der Waals surface area contributed by atoms with Crippen molar-refractivity contribution in [3.63, 3.8) is 0 Å². The molecule has 2 aromatic rings. The molecule has 1 saturated heterocycles. The average molecular weight is 738 g/mol. The molecular weight excluding hydrogens is 679 g/mol. The number of carbonyl (C=O) groups excluding carboxylic acids is 4. The van der Waals surface area contributed by atoms with Crippen LogP contribution < -0.4 is 10.6 Å². The van der Waals surface area contributed by atoms with Crippen LogP contribution >= 0.6 is 23.2 Å². The Kier molecular flexibility index (Phi) is 18.7. The van der Waals surface area contributed by atoms with Crippen LogP contribution in [0, 0.1) is 0 Å². The zero-order valence-electron chi connectivity index (χ0n) is 31.6. The summed E-state index contributed by atoms with van der Waals surface area (Å²) in [6.45, 7) is 21.0. The molecule has 4 amide bonds. The van der Waals surface area contributed by atoms with Crippen molar-refractivity contribution in [3.05, 3.63) is 59.7 Å². The van der Waals surface area contributed by atoms with Crippen molar-refractivity contribution >= 4 is 58.6 Å². The van der Waals surface area contributed by atoms with Crippen molar-refractivity contribution in [2.45, 2.75) is 105 Å². The van der Waals surface area contributed by atoms with Crippen LogP contribution in [-0.4, -0.2) is 82.9 Å². The average Bonchev–Trinajstić information content (AvgIpc) is 3.58. The first-order chi connectivity index (χ1) is 23.6. The van der Waals surface area contributed by atoms with E-state index in [0.29, 0.717) is 57.2 Å². The molecule has 50 heavy (non-hydrogen) atoms. The van der Waals surface area contributed by atoms with Crippen molar-refractivity contribution in [2.75, 3.05) is 48.6 Å². The Morgan fingerprint density at radius 3 is 1.78 bits per heavy atom. The Hall–Kier alpha value is -3.50. The molecule has 0 radical (unpaired) electrons. The van der Waals surface area contributed by atoms with Gasteiger partial charge in [-0.05, 0) is 77.6 Å². The van der Waals surface area contributed by atoms with Crippen LogP contribution in [0.2, 0.25) is 0 Å². The van der Waals surface area contributed by atoms with Crippen LogP contribution in [0.3, 0.4) is 0 Å². The molecule has 280 valence electrons. The van der Waals surface area contributed by atoms with E-state index < -0.39 is 16.6 Å². The van der Waals surface area contributed by atoms with Crippen molar-refractivity contribution < 1.29 is 28.7 Å². The lowest BCUT2D eigenvalue weighted by molar-refractivity contribution is -0.122. The lowest BCUT2D eigenvalue weighted by atomic mass is 9.74. The minimum absolute atomic E-state index is 0.0533. The maximum atomic E-state index is 12.5. The highest BCUT2D eigenvalue weighted by molar-refractivity contribution is 6.18. The van der Waals surface area contributed by atoms with E-state index >= 15 is 0 Å². The van der Waals surface area contributed by atoms with Gasteiger partial charge in [-0.15, -0.1) is 23.2 Å². The minimum atomic E-state index is -0.496. The molecule has 3 aliphatic rings. The number of halogens is 2. The van der Waals surface area contributed by atoms with E-state index in [0.717, 1.165) is 22.5 Å². The fourth-order valence-corrected chi connectivity index (χ4v) is 5.66. The minimum Gasteiger partial charge on any atom is -0.444 e. The van der Waals surface area contributed by atoms with Crippen molar-refractivity contribution in [1.82, 2.24) is 9.80 Å². The number of amides is 4. The standard InChI is InChI=1S/C17H22N2O3.C9H17Cl2NO2.C8H7NO.2C2H6/c1-16(2,3)22-15(21)19-10-8-17(9-11-19)12-6-4-5-7-13(12)18-14(17)20;1-9(2,3)14-8(13)12(6-4-10)7-5-11;10-8-5-6-3-1-2-4-7(6)9-8;2*1-2/h4-7H,8-11H2,1-3H3,(H,18,20);4-7H2,1-3H3;1-4H,5H2,(H,9,10);2*1-2H3. The number of alkyl halides is 2. The molecule has 10 nitrogen and oxygen atoms in total. The van der Waals surface area contributed by atoms with Gasteiger partial charge in [-0.3, -0.25) is 9.59 Å². The monoisotopic (exact) mass is 736 g/mol. The summed E-state index contributed by atoms with van der Waals surface area (Å²) in [5.74, 6) is 0.922. The van der Waals surface area contributed by atoms with E-state index in [4.69, 9.17) is 32.7 Å². The lowest BCUT2D eigenvalue weighted by Gasteiger charge is -2.38. The fraction of sp³-hybridized carbons (Fsp3) is 0.579. The topological polar surface area (TPSA) is 117 Å². The molecule has 0 unspecified atom stereocenters. The predicted molar refractivity (Wildman–Crippen MR) is 205 cm³/mol. The van der Waals surface area contributed by atoms with Gasteiger partial charge in [0.05, 0.1) is 11.8 Å². The SMILES string of the molecule is CC.CC.CC(C)(C)OC(=O)N(CCCl)CCCl.CC(C)(C)OC(=O)N1CCC2(CC1)C(=O)Nc1ccccc12.O=C1Cc2ccccc2N1. The van der Waals surface area contributed by atoms with E-state index in [-0.39, 0.29) is 24.0 Å². The Morgan fingerprint density at radius 1 is 0.780 bits per heavy atom. The Bertz CT molecular complexity index is 1350. The number of fused-ring (bicyclic) bond motifs is 3. The summed E-state index contributed by atoms with van der Waals surface area (Å²) >= 11 is 11.1. The second-order valence-corrected chi connectivity index (χ2v) is 14.0. The summed E-state index contributed by atoms with van der Waals surface area (Å²) in [7, 11) is 0. The van der Waals surface area contributed by atoms with Gasteiger partial charge in [-0.25, -0.2) is 9.59 Å². The largest absolute Gasteiger partial charge is 0.444 e. The maximum absolute atomic E-state index is 12.5. The van der Waals surface area contributed by atoms with E-state index in [1.807, 2.05) is 118 Å². The fourth-order valence-electron chi connectivity index (χ4n) is 5.26. The van der Waals surface area contributed by atoms with Gasteiger partial charge < -0.3 is 29.9 Å². The first-order valence-corrected chi connectivity index (χ1v) is 18.5. The van der Waals surface area contributed by atoms with Crippen molar-refractivity contribution in [3.8, 4) is 0 Å². The zero-order chi connectivity index (χ0) is 38.1. The maximum Gasteiger partial charge on any atom is 0.410 e. The second kappa shape index (κ2) is 21.0. The number of piperidine rings is 1. The Balaban J connectivity index is 0.000000384. The van der Waals surface area contributed by atoms with Crippen LogP contribution in [0.5, 0.6) is 0 Å². The van der Waals surface area contributed by atoms with Crippen LogP contribution in [0.25, 0.3) is 0 Å². The quantitative estimate of drug-likeness (QED) is 0.303. The summed E-state index contributed by atoms with van der Waals surface area (Å²) in [6.07, 6.45) is 1.15. The summed E-state index contributed by atoms with van der Waals surface area (Å²) in [5, 5.41) is 5.73. The molecule has 0 saturated carbocycles. The molecule has 3 heterocycles. The van der Waals surface area contributed by atoms with Gasteiger partial charge in [0, 0.05) is 49.3 Å². The molecule has 2 aromatic carbocycles. The summed E-state index contributed by atoms with van der Waals surface area (Å²) < 4.78 is 10.6. The molecular formula is C38H58Cl2N4O6. The van der Waals surface area contributed by atoms with E-state index in [2.05, 4.69) is 10.6 Å². The van der Waals surface area contributed by atoms with Gasteiger partial charge in [-0.2, -0.15) is 0 Å². The number of hydrogen-bond donors (Lipinski definition) is 2. The third kappa shape index (κ3) is 13.7. The summed E-state index contributed by atoms with van der Waals surface area (Å²) in [5.41, 5.74) is 2.56. The van der Waals surface area contributed by atoms with Crippen LogP contribution in [0.1, 0.15) is 93.2 Å². The number of nitrogens with zero attached hydrogens (tertiary/aromatic N) is 2. The number of likely N-dealkylation sites (tertiary alicyclic amines) is 1. The highest BCUT2D eigenvalue weighted by atomic mass is 35.5. The molecule has 0 bridgehead atoms. The van der Waals surface area contributed by atoms with Gasteiger partial charge >= 0.3 is 12.2 Å². The number of benzene rings is 2. The molecule has 0 aromatic heterocycles. The van der Waals surface area contributed by atoms with Crippen LogP contribution in [0.15, 0.2) is 48.5 Å². The van der Waals surface area contributed by atoms with Gasteiger partial charge in [0.2, 0.25) is 11.8 Å². The summed E-state index contributed by atoms with van der Waals surface area (Å²) in [4.78, 5) is 50.1.